The van der Waals surface area contributed by atoms with E-state index in [1.54, 1.807) is 0 Å². The Hall–Kier alpha value is -2.55. The molecule has 0 bridgehead atoms. The van der Waals surface area contributed by atoms with E-state index in [1.165, 1.54) is 11.1 Å². The van der Waals surface area contributed by atoms with Crippen molar-refractivity contribution in [3.63, 3.8) is 0 Å². The smallest absolute Gasteiger partial charge is 0.0631 e. The maximum atomic E-state index is 4.54. The highest BCUT2D eigenvalue weighted by atomic mass is 15.1. The largest absolute Gasteiger partial charge is 0.378 e. The van der Waals surface area contributed by atoms with Gasteiger partial charge in [-0.2, -0.15) is 0 Å². The van der Waals surface area contributed by atoms with Crippen LogP contribution in [0.25, 0.3) is 10.9 Å². The number of anilines is 1. The minimum Gasteiger partial charge on any atom is -0.378 e. The Kier molecular flexibility index (Phi) is 3.25. The third-order valence-electron chi connectivity index (χ3n) is 3.34. The molecule has 3 rings (SSSR count). The molecule has 100 valence electrons. The van der Waals surface area contributed by atoms with E-state index in [2.05, 4.69) is 39.1 Å². The minimum atomic E-state index is 0.959. The monoisotopic (exact) mass is 263 g/mol. The molecular weight excluding hydrogens is 246 g/mol. The molecular formula is C17H17N3. The second kappa shape index (κ2) is 5.21. The maximum Gasteiger partial charge on any atom is 0.0631 e. The first-order valence-corrected chi connectivity index (χ1v) is 6.61. The molecule has 1 aromatic heterocycles. The van der Waals surface area contributed by atoms with Crippen molar-refractivity contribution in [3.05, 3.63) is 60.3 Å². The Morgan fingerprint density at radius 3 is 2.50 bits per heavy atom. The van der Waals surface area contributed by atoms with Crippen LogP contribution in [0.1, 0.15) is 5.56 Å². The van der Waals surface area contributed by atoms with Gasteiger partial charge in [0.05, 0.1) is 5.69 Å². The van der Waals surface area contributed by atoms with Gasteiger partial charge in [-0.05, 0) is 30.3 Å². The van der Waals surface area contributed by atoms with Gasteiger partial charge in [0.2, 0.25) is 0 Å². The number of hydrogen-bond donors (Lipinski definition) is 1. The minimum absolute atomic E-state index is 0.959. The van der Waals surface area contributed by atoms with E-state index >= 15 is 0 Å². The number of rotatable bonds is 3. The van der Waals surface area contributed by atoms with Gasteiger partial charge < -0.3 is 9.88 Å². The second-order valence-corrected chi connectivity index (χ2v) is 4.96. The normalized spacial score (nSPS) is 11.3. The van der Waals surface area contributed by atoms with Gasteiger partial charge in [-0.15, -0.1) is 0 Å². The standard InChI is InChI=1S/C17H17N3/c1-20(2)15-9-7-14(8-10-15)18-11-13-12-19-17-6-4-3-5-16(13)17/h3-12,19H,1-2H3. The fourth-order valence-electron chi connectivity index (χ4n) is 2.18. The lowest BCUT2D eigenvalue weighted by molar-refractivity contribution is 1.13. The second-order valence-electron chi connectivity index (χ2n) is 4.96. The van der Waals surface area contributed by atoms with Crippen LogP contribution < -0.4 is 4.90 Å². The summed E-state index contributed by atoms with van der Waals surface area (Å²) in [6.45, 7) is 0. The van der Waals surface area contributed by atoms with E-state index < -0.39 is 0 Å². The quantitative estimate of drug-likeness (QED) is 0.712. The third-order valence-corrected chi connectivity index (χ3v) is 3.34. The van der Waals surface area contributed by atoms with Crippen LogP contribution >= 0.6 is 0 Å². The predicted molar refractivity (Wildman–Crippen MR) is 86.3 cm³/mol. The average Bonchev–Trinajstić information content (AvgIpc) is 2.89. The van der Waals surface area contributed by atoms with Crippen LogP contribution in [0.5, 0.6) is 0 Å². The number of para-hydroxylation sites is 1. The lowest BCUT2D eigenvalue weighted by Gasteiger charge is -2.11. The molecule has 0 saturated carbocycles. The molecule has 1 N–H and O–H groups in total. The van der Waals surface area contributed by atoms with Crippen molar-refractivity contribution in [1.82, 2.24) is 4.98 Å². The molecule has 0 amide bonds. The first-order chi connectivity index (χ1) is 9.74. The van der Waals surface area contributed by atoms with Gasteiger partial charge in [-0.25, -0.2) is 0 Å². The average molecular weight is 263 g/mol. The summed E-state index contributed by atoms with van der Waals surface area (Å²) >= 11 is 0. The number of hydrogen-bond acceptors (Lipinski definition) is 2. The van der Waals surface area contributed by atoms with Crippen molar-refractivity contribution in [2.75, 3.05) is 19.0 Å². The molecule has 0 unspecified atom stereocenters. The zero-order valence-corrected chi connectivity index (χ0v) is 11.7. The summed E-state index contributed by atoms with van der Waals surface area (Å²) in [7, 11) is 4.06. The molecule has 3 nitrogen and oxygen atoms in total. The van der Waals surface area contributed by atoms with Crippen LogP contribution in [-0.2, 0) is 0 Å². The maximum absolute atomic E-state index is 4.54. The Bertz CT molecular complexity index is 736. The summed E-state index contributed by atoms with van der Waals surface area (Å²) in [5.74, 6) is 0. The van der Waals surface area contributed by atoms with E-state index in [4.69, 9.17) is 0 Å². The van der Waals surface area contributed by atoms with Gasteiger partial charge >= 0.3 is 0 Å². The lowest BCUT2D eigenvalue weighted by Crippen LogP contribution is -2.07. The summed E-state index contributed by atoms with van der Waals surface area (Å²) in [5, 5.41) is 1.20. The molecule has 0 saturated heterocycles. The molecule has 1 heterocycles. The zero-order chi connectivity index (χ0) is 13.9. The summed E-state index contributed by atoms with van der Waals surface area (Å²) in [4.78, 5) is 9.86. The Labute approximate surface area is 118 Å². The predicted octanol–water partition coefficient (Wildman–Crippen LogP) is 3.98. The summed E-state index contributed by atoms with van der Waals surface area (Å²) < 4.78 is 0. The fraction of sp³-hybridized carbons (Fsp3) is 0.118. The SMILES string of the molecule is CN(C)c1ccc(N=Cc2c[nH]c3ccccc23)cc1. The summed E-state index contributed by atoms with van der Waals surface area (Å²) in [6, 6.07) is 16.4. The van der Waals surface area contributed by atoms with Crippen molar-refractivity contribution in [3.8, 4) is 0 Å². The number of benzene rings is 2. The van der Waals surface area contributed by atoms with Gasteiger partial charge in [0.25, 0.3) is 0 Å². The van der Waals surface area contributed by atoms with Crippen molar-refractivity contribution < 1.29 is 0 Å². The third kappa shape index (κ3) is 2.43. The highest BCUT2D eigenvalue weighted by molar-refractivity contribution is 5.99. The molecule has 0 atom stereocenters. The zero-order valence-electron chi connectivity index (χ0n) is 11.7. The van der Waals surface area contributed by atoms with Crippen LogP contribution in [0.15, 0.2) is 59.7 Å². The van der Waals surface area contributed by atoms with E-state index in [1.807, 2.05) is 50.8 Å². The van der Waals surface area contributed by atoms with Crippen LogP contribution in [-0.4, -0.2) is 25.3 Å². The Balaban J connectivity index is 1.86. The van der Waals surface area contributed by atoms with E-state index in [0.29, 0.717) is 0 Å². The van der Waals surface area contributed by atoms with Crippen LogP contribution in [0.4, 0.5) is 11.4 Å². The highest BCUT2D eigenvalue weighted by Crippen LogP contribution is 2.20. The molecule has 2 aromatic carbocycles. The topological polar surface area (TPSA) is 31.4 Å². The Morgan fingerprint density at radius 2 is 1.75 bits per heavy atom. The van der Waals surface area contributed by atoms with Gasteiger partial charge in [0, 0.05) is 48.7 Å². The fourth-order valence-corrected chi connectivity index (χ4v) is 2.18. The number of fused-ring (bicyclic) bond motifs is 1. The number of aromatic nitrogens is 1. The van der Waals surface area contributed by atoms with Crippen LogP contribution in [0.3, 0.4) is 0 Å². The van der Waals surface area contributed by atoms with Gasteiger partial charge in [-0.1, -0.05) is 18.2 Å². The number of aromatic amines is 1. The molecule has 0 aliphatic rings. The number of H-pyrrole nitrogens is 1. The van der Waals surface area contributed by atoms with Crippen molar-refractivity contribution >= 4 is 28.5 Å². The van der Waals surface area contributed by atoms with E-state index in [0.717, 1.165) is 16.8 Å². The number of aliphatic imine (C=N–C) groups is 1. The van der Waals surface area contributed by atoms with Crippen molar-refractivity contribution in [1.29, 1.82) is 0 Å². The number of nitrogens with one attached hydrogen (secondary N) is 1. The first-order valence-electron chi connectivity index (χ1n) is 6.61. The summed E-state index contributed by atoms with van der Waals surface area (Å²) in [5.41, 5.74) is 4.38. The molecule has 0 spiro atoms. The molecule has 0 aliphatic carbocycles. The molecule has 0 radical (unpaired) electrons. The van der Waals surface area contributed by atoms with Gasteiger partial charge in [0.1, 0.15) is 0 Å². The van der Waals surface area contributed by atoms with E-state index in [9.17, 15) is 0 Å². The summed E-state index contributed by atoms with van der Waals surface area (Å²) in [6.07, 6.45) is 3.89. The Morgan fingerprint density at radius 1 is 1.00 bits per heavy atom. The molecule has 3 aromatic rings. The molecule has 3 heteroatoms. The number of nitrogens with zero attached hydrogens (tertiary/aromatic N) is 2. The van der Waals surface area contributed by atoms with Crippen LogP contribution in [0.2, 0.25) is 0 Å². The van der Waals surface area contributed by atoms with E-state index in [-0.39, 0.29) is 0 Å². The lowest BCUT2D eigenvalue weighted by atomic mass is 10.2. The molecule has 0 aliphatic heterocycles. The van der Waals surface area contributed by atoms with Gasteiger partial charge in [-0.3, -0.25) is 4.99 Å². The van der Waals surface area contributed by atoms with Gasteiger partial charge in [0.15, 0.2) is 0 Å². The molecule has 20 heavy (non-hydrogen) atoms. The van der Waals surface area contributed by atoms with Crippen molar-refractivity contribution in [2.24, 2.45) is 4.99 Å². The first kappa shape index (κ1) is 12.5. The van der Waals surface area contributed by atoms with Crippen molar-refractivity contribution in [2.45, 2.75) is 0 Å². The van der Waals surface area contributed by atoms with Crippen LogP contribution in [0, 0.1) is 0 Å². The highest BCUT2D eigenvalue weighted by Gasteiger charge is 1.99. The molecule has 0 fully saturated rings.